The fourth-order valence-electron chi connectivity index (χ4n) is 1.72. The lowest BCUT2D eigenvalue weighted by Crippen LogP contribution is -2.17. The van der Waals surface area contributed by atoms with Crippen LogP contribution in [0.2, 0.25) is 0 Å². The van der Waals surface area contributed by atoms with Crippen molar-refractivity contribution in [1.29, 1.82) is 5.26 Å². The summed E-state index contributed by atoms with van der Waals surface area (Å²) in [5, 5.41) is 8.52. The molecule has 0 bridgehead atoms. The van der Waals surface area contributed by atoms with Crippen molar-refractivity contribution in [2.75, 3.05) is 0 Å². The fraction of sp³-hybridized carbons (Fsp3) is 0.143. The molecule has 0 atom stereocenters. The van der Waals surface area contributed by atoms with Crippen LogP contribution >= 0.6 is 0 Å². The standard InChI is InChI=1S/C14H8F4N2O/c15-12-6-9(4-5-19)8-20-13(12)10-2-1-3-11(7-10)21-14(16,17)18/h1-3,6-8H,4H2. The number of halogens is 4. The topological polar surface area (TPSA) is 45.9 Å². The summed E-state index contributed by atoms with van der Waals surface area (Å²) in [5.41, 5.74) is 0.434. The van der Waals surface area contributed by atoms with Gasteiger partial charge in [0.05, 0.1) is 12.5 Å². The number of benzene rings is 1. The van der Waals surface area contributed by atoms with Crippen LogP contribution in [0.3, 0.4) is 0 Å². The molecule has 0 aliphatic heterocycles. The van der Waals surface area contributed by atoms with Crippen molar-refractivity contribution in [2.45, 2.75) is 12.8 Å². The molecule has 0 fully saturated rings. The number of nitrogens with zero attached hydrogens (tertiary/aromatic N) is 2. The SMILES string of the molecule is N#CCc1cnc(-c2cccc(OC(F)(F)F)c2)c(F)c1. The lowest BCUT2D eigenvalue weighted by atomic mass is 10.1. The van der Waals surface area contributed by atoms with Crippen LogP contribution in [-0.4, -0.2) is 11.3 Å². The van der Waals surface area contributed by atoms with Gasteiger partial charge in [0.1, 0.15) is 17.3 Å². The van der Waals surface area contributed by atoms with E-state index in [2.05, 4.69) is 9.72 Å². The molecule has 0 aliphatic carbocycles. The third-order valence-electron chi connectivity index (χ3n) is 2.52. The molecule has 0 spiro atoms. The Balaban J connectivity index is 2.34. The van der Waals surface area contributed by atoms with Crippen LogP contribution in [0.25, 0.3) is 11.3 Å². The number of ether oxygens (including phenoxy) is 1. The molecule has 108 valence electrons. The maximum absolute atomic E-state index is 13.9. The average molecular weight is 296 g/mol. The Labute approximate surface area is 117 Å². The predicted molar refractivity (Wildman–Crippen MR) is 65.6 cm³/mol. The highest BCUT2D eigenvalue weighted by Gasteiger charge is 2.31. The van der Waals surface area contributed by atoms with Crippen LogP contribution in [0.15, 0.2) is 36.5 Å². The quantitative estimate of drug-likeness (QED) is 0.808. The Hall–Kier alpha value is -2.62. The smallest absolute Gasteiger partial charge is 0.406 e. The van der Waals surface area contributed by atoms with Gasteiger partial charge in [-0.25, -0.2) is 4.39 Å². The van der Waals surface area contributed by atoms with Gasteiger partial charge in [0, 0.05) is 11.8 Å². The van der Waals surface area contributed by atoms with Crippen LogP contribution in [0.4, 0.5) is 17.6 Å². The molecule has 0 amide bonds. The number of rotatable bonds is 3. The first kappa shape index (κ1) is 14.8. The van der Waals surface area contributed by atoms with Crippen molar-refractivity contribution in [3.8, 4) is 23.1 Å². The van der Waals surface area contributed by atoms with Crippen LogP contribution in [0.5, 0.6) is 5.75 Å². The van der Waals surface area contributed by atoms with E-state index < -0.39 is 17.9 Å². The van der Waals surface area contributed by atoms with Crippen molar-refractivity contribution in [3.63, 3.8) is 0 Å². The van der Waals surface area contributed by atoms with Crippen molar-refractivity contribution in [3.05, 3.63) is 47.9 Å². The molecule has 0 aliphatic rings. The monoisotopic (exact) mass is 296 g/mol. The molecule has 7 heteroatoms. The Morgan fingerprint density at radius 3 is 2.62 bits per heavy atom. The molecule has 2 aromatic rings. The number of alkyl halides is 3. The molecule has 0 N–H and O–H groups in total. The zero-order valence-corrected chi connectivity index (χ0v) is 10.5. The minimum Gasteiger partial charge on any atom is -0.406 e. The van der Waals surface area contributed by atoms with E-state index in [9.17, 15) is 17.6 Å². The van der Waals surface area contributed by atoms with Gasteiger partial charge in [0.25, 0.3) is 0 Å². The highest BCUT2D eigenvalue weighted by molar-refractivity contribution is 5.62. The summed E-state index contributed by atoms with van der Waals surface area (Å²) in [6, 6.07) is 7.86. The molecule has 0 saturated carbocycles. The van der Waals surface area contributed by atoms with Gasteiger partial charge in [-0.15, -0.1) is 13.2 Å². The summed E-state index contributed by atoms with van der Waals surface area (Å²) in [5.74, 6) is -1.17. The second kappa shape index (κ2) is 5.79. The molecule has 1 heterocycles. The summed E-state index contributed by atoms with van der Waals surface area (Å²) in [6.07, 6.45) is -3.51. The van der Waals surface area contributed by atoms with E-state index in [0.29, 0.717) is 5.56 Å². The first-order valence-corrected chi connectivity index (χ1v) is 5.76. The number of nitriles is 1. The molecule has 0 radical (unpaired) electrons. The Morgan fingerprint density at radius 2 is 2.00 bits per heavy atom. The van der Waals surface area contributed by atoms with Gasteiger partial charge in [0.15, 0.2) is 0 Å². The van der Waals surface area contributed by atoms with Gasteiger partial charge in [-0.1, -0.05) is 12.1 Å². The zero-order chi connectivity index (χ0) is 15.5. The average Bonchev–Trinajstić information content (AvgIpc) is 2.37. The number of aromatic nitrogens is 1. The molecular weight excluding hydrogens is 288 g/mol. The first-order chi connectivity index (χ1) is 9.89. The maximum atomic E-state index is 13.9. The summed E-state index contributed by atoms with van der Waals surface area (Å²) in [6.45, 7) is 0. The minimum absolute atomic E-state index is 0.00141. The zero-order valence-electron chi connectivity index (χ0n) is 10.5. The molecule has 3 nitrogen and oxygen atoms in total. The van der Waals surface area contributed by atoms with E-state index in [1.165, 1.54) is 18.3 Å². The van der Waals surface area contributed by atoms with Crippen LogP contribution in [0.1, 0.15) is 5.56 Å². The van der Waals surface area contributed by atoms with Gasteiger partial charge >= 0.3 is 6.36 Å². The lowest BCUT2D eigenvalue weighted by Gasteiger charge is -2.10. The predicted octanol–water partition coefficient (Wildman–Crippen LogP) is 3.85. The Morgan fingerprint density at radius 1 is 1.24 bits per heavy atom. The van der Waals surface area contributed by atoms with E-state index in [1.54, 1.807) is 0 Å². The second-order valence-electron chi connectivity index (χ2n) is 4.08. The molecule has 1 aromatic heterocycles. The van der Waals surface area contributed by atoms with Gasteiger partial charge in [-0.3, -0.25) is 4.98 Å². The Kier molecular flexibility index (Phi) is 4.08. The van der Waals surface area contributed by atoms with E-state index >= 15 is 0 Å². The van der Waals surface area contributed by atoms with Crippen molar-refractivity contribution >= 4 is 0 Å². The van der Waals surface area contributed by atoms with Gasteiger partial charge in [-0.2, -0.15) is 5.26 Å². The van der Waals surface area contributed by atoms with Gasteiger partial charge in [0.2, 0.25) is 0 Å². The molecule has 0 unspecified atom stereocenters. The van der Waals surface area contributed by atoms with Crippen LogP contribution in [-0.2, 0) is 6.42 Å². The summed E-state index contributed by atoms with van der Waals surface area (Å²) < 4.78 is 54.1. The number of hydrogen-bond acceptors (Lipinski definition) is 3. The molecule has 2 rings (SSSR count). The molecule has 21 heavy (non-hydrogen) atoms. The highest BCUT2D eigenvalue weighted by atomic mass is 19.4. The van der Waals surface area contributed by atoms with Crippen LogP contribution in [0, 0.1) is 17.1 Å². The van der Waals surface area contributed by atoms with Crippen molar-refractivity contribution in [1.82, 2.24) is 4.98 Å². The first-order valence-electron chi connectivity index (χ1n) is 5.76. The number of hydrogen-bond donors (Lipinski definition) is 0. The van der Waals surface area contributed by atoms with E-state index in [-0.39, 0.29) is 17.7 Å². The lowest BCUT2D eigenvalue weighted by molar-refractivity contribution is -0.274. The molecule has 0 saturated heterocycles. The highest BCUT2D eigenvalue weighted by Crippen LogP contribution is 2.28. The summed E-state index contributed by atoms with van der Waals surface area (Å²) in [7, 11) is 0. The largest absolute Gasteiger partial charge is 0.573 e. The third-order valence-corrected chi connectivity index (χ3v) is 2.52. The van der Waals surface area contributed by atoms with Crippen molar-refractivity contribution in [2.24, 2.45) is 0 Å². The summed E-state index contributed by atoms with van der Waals surface area (Å²) >= 11 is 0. The van der Waals surface area contributed by atoms with Crippen molar-refractivity contribution < 1.29 is 22.3 Å². The van der Waals surface area contributed by atoms with E-state index in [1.807, 2.05) is 6.07 Å². The molecular formula is C14H8F4N2O. The Bertz CT molecular complexity index is 692. The fourth-order valence-corrected chi connectivity index (χ4v) is 1.72. The second-order valence-corrected chi connectivity index (χ2v) is 4.08. The molecule has 1 aromatic carbocycles. The minimum atomic E-state index is -4.82. The third kappa shape index (κ3) is 3.92. The normalized spacial score (nSPS) is 11.0. The number of pyridine rings is 1. The maximum Gasteiger partial charge on any atom is 0.573 e. The summed E-state index contributed by atoms with van der Waals surface area (Å²) in [4.78, 5) is 3.84. The van der Waals surface area contributed by atoms with E-state index in [4.69, 9.17) is 5.26 Å². The van der Waals surface area contributed by atoms with E-state index in [0.717, 1.165) is 18.2 Å². The van der Waals surface area contributed by atoms with Gasteiger partial charge in [-0.05, 0) is 23.8 Å². The van der Waals surface area contributed by atoms with Crippen LogP contribution < -0.4 is 4.74 Å². The van der Waals surface area contributed by atoms with Gasteiger partial charge < -0.3 is 4.74 Å².